The summed E-state index contributed by atoms with van der Waals surface area (Å²) in [6.45, 7) is 3.58. The minimum atomic E-state index is -0.731. The first-order chi connectivity index (χ1) is 10.6. The summed E-state index contributed by atoms with van der Waals surface area (Å²) in [5, 5.41) is 13.7. The summed E-state index contributed by atoms with van der Waals surface area (Å²) < 4.78 is 5.29. The van der Waals surface area contributed by atoms with Gasteiger partial charge >= 0.3 is 0 Å². The average molecular weight is 300 g/mol. The molecule has 6 heteroatoms. The van der Waals surface area contributed by atoms with E-state index in [-0.39, 0.29) is 0 Å². The first-order valence-corrected chi connectivity index (χ1v) is 7.45. The van der Waals surface area contributed by atoms with E-state index in [0.29, 0.717) is 44.2 Å². The van der Waals surface area contributed by atoms with E-state index in [0.717, 1.165) is 11.3 Å². The van der Waals surface area contributed by atoms with Crippen LogP contribution in [0.2, 0.25) is 0 Å². The third kappa shape index (κ3) is 3.58. The van der Waals surface area contributed by atoms with Gasteiger partial charge in [-0.15, -0.1) is 0 Å². The molecule has 2 N–H and O–H groups in total. The van der Waals surface area contributed by atoms with Gasteiger partial charge in [-0.25, -0.2) is 9.97 Å². The molecule has 1 aliphatic rings. The normalized spacial score (nSPS) is 17.2. The maximum Gasteiger partial charge on any atom is 0.163 e. The highest BCUT2D eigenvalue weighted by Crippen LogP contribution is 2.22. The molecular weight excluding hydrogens is 280 g/mol. The van der Waals surface area contributed by atoms with Gasteiger partial charge in [-0.05, 0) is 19.1 Å². The standard InChI is InChI=1S/C16H20N4O2/c1-12-9-14(18-11-16(21)4-7-22-8-5-16)20-15(19-12)13-3-2-6-17-10-13/h2-3,6,9-10,21H,4-5,7-8,11H2,1H3,(H,18,19,20). The third-order valence-electron chi connectivity index (χ3n) is 3.80. The Morgan fingerprint density at radius 2 is 2.14 bits per heavy atom. The maximum absolute atomic E-state index is 10.5. The highest BCUT2D eigenvalue weighted by Gasteiger charge is 2.29. The Kier molecular flexibility index (Phi) is 4.31. The van der Waals surface area contributed by atoms with E-state index < -0.39 is 5.60 Å². The number of nitrogens with zero attached hydrogens (tertiary/aromatic N) is 3. The molecule has 1 aliphatic heterocycles. The quantitative estimate of drug-likeness (QED) is 0.896. The highest BCUT2D eigenvalue weighted by molar-refractivity contribution is 5.56. The summed E-state index contributed by atoms with van der Waals surface area (Å²) in [4.78, 5) is 13.1. The van der Waals surface area contributed by atoms with Crippen molar-refractivity contribution in [3.05, 3.63) is 36.3 Å². The monoisotopic (exact) mass is 300 g/mol. The highest BCUT2D eigenvalue weighted by atomic mass is 16.5. The Labute approximate surface area is 129 Å². The molecule has 6 nitrogen and oxygen atoms in total. The molecule has 0 atom stereocenters. The lowest BCUT2D eigenvalue weighted by molar-refractivity contribution is -0.0543. The van der Waals surface area contributed by atoms with Crippen molar-refractivity contribution in [2.24, 2.45) is 0 Å². The number of rotatable bonds is 4. The van der Waals surface area contributed by atoms with Gasteiger partial charge in [0.15, 0.2) is 5.82 Å². The molecule has 1 saturated heterocycles. The lowest BCUT2D eigenvalue weighted by atomic mass is 9.94. The SMILES string of the molecule is Cc1cc(NCC2(O)CCOCC2)nc(-c2cccnc2)n1. The van der Waals surface area contributed by atoms with Crippen LogP contribution in [0.1, 0.15) is 18.5 Å². The molecule has 0 spiro atoms. The van der Waals surface area contributed by atoms with Crippen LogP contribution >= 0.6 is 0 Å². The first kappa shape index (κ1) is 14.9. The van der Waals surface area contributed by atoms with E-state index >= 15 is 0 Å². The van der Waals surface area contributed by atoms with Crippen molar-refractivity contribution in [3.8, 4) is 11.4 Å². The fourth-order valence-corrected chi connectivity index (χ4v) is 2.47. The first-order valence-electron chi connectivity index (χ1n) is 7.45. The zero-order valence-corrected chi connectivity index (χ0v) is 12.6. The Balaban J connectivity index is 1.75. The van der Waals surface area contributed by atoms with Crippen LogP contribution in [0.3, 0.4) is 0 Å². The molecule has 0 bridgehead atoms. The van der Waals surface area contributed by atoms with Gasteiger partial charge in [-0.1, -0.05) is 0 Å². The second-order valence-corrected chi connectivity index (χ2v) is 5.65. The molecule has 0 amide bonds. The number of pyridine rings is 1. The number of aryl methyl sites for hydroxylation is 1. The maximum atomic E-state index is 10.5. The summed E-state index contributed by atoms with van der Waals surface area (Å²) in [7, 11) is 0. The van der Waals surface area contributed by atoms with Gasteiger partial charge in [0.05, 0.1) is 5.60 Å². The minimum Gasteiger partial charge on any atom is -0.388 e. The van der Waals surface area contributed by atoms with Crippen molar-refractivity contribution in [1.29, 1.82) is 0 Å². The smallest absolute Gasteiger partial charge is 0.163 e. The molecule has 0 aromatic carbocycles. The van der Waals surface area contributed by atoms with Gasteiger partial charge in [0, 0.05) is 62.3 Å². The molecule has 0 aliphatic carbocycles. The van der Waals surface area contributed by atoms with E-state index in [9.17, 15) is 5.11 Å². The lowest BCUT2D eigenvalue weighted by Crippen LogP contribution is -2.42. The molecule has 3 rings (SSSR count). The molecule has 3 heterocycles. The molecule has 0 saturated carbocycles. The Bertz CT molecular complexity index is 627. The zero-order valence-electron chi connectivity index (χ0n) is 12.6. The number of aliphatic hydroxyl groups is 1. The molecular formula is C16H20N4O2. The largest absolute Gasteiger partial charge is 0.388 e. The topological polar surface area (TPSA) is 80.2 Å². The van der Waals surface area contributed by atoms with Crippen LogP contribution in [0.4, 0.5) is 5.82 Å². The number of hydrogen-bond acceptors (Lipinski definition) is 6. The zero-order chi connectivity index (χ0) is 15.4. The third-order valence-corrected chi connectivity index (χ3v) is 3.80. The molecule has 0 radical (unpaired) electrons. The van der Waals surface area contributed by atoms with Crippen LogP contribution in [-0.2, 0) is 4.74 Å². The molecule has 1 fully saturated rings. The fourth-order valence-electron chi connectivity index (χ4n) is 2.47. The van der Waals surface area contributed by atoms with Gasteiger partial charge in [0.2, 0.25) is 0 Å². The van der Waals surface area contributed by atoms with Crippen molar-refractivity contribution >= 4 is 5.82 Å². The van der Waals surface area contributed by atoms with Gasteiger partial charge in [-0.2, -0.15) is 0 Å². The van der Waals surface area contributed by atoms with Crippen molar-refractivity contribution < 1.29 is 9.84 Å². The number of ether oxygens (including phenoxy) is 1. The number of hydrogen-bond donors (Lipinski definition) is 2. The summed E-state index contributed by atoms with van der Waals surface area (Å²) in [5.41, 5.74) is 1.01. The predicted molar refractivity (Wildman–Crippen MR) is 83.5 cm³/mol. The Hall–Kier alpha value is -2.05. The molecule has 2 aromatic heterocycles. The number of anilines is 1. The van der Waals surface area contributed by atoms with Crippen LogP contribution in [0.5, 0.6) is 0 Å². The van der Waals surface area contributed by atoms with Gasteiger partial charge in [0.1, 0.15) is 5.82 Å². The van der Waals surface area contributed by atoms with Crippen LogP contribution in [0.15, 0.2) is 30.6 Å². The van der Waals surface area contributed by atoms with Gasteiger partial charge in [0.25, 0.3) is 0 Å². The van der Waals surface area contributed by atoms with Crippen molar-refractivity contribution in [3.63, 3.8) is 0 Å². The average Bonchev–Trinajstić information content (AvgIpc) is 2.54. The minimum absolute atomic E-state index is 0.458. The molecule has 0 unspecified atom stereocenters. The van der Waals surface area contributed by atoms with Crippen molar-refractivity contribution in [2.45, 2.75) is 25.4 Å². The van der Waals surface area contributed by atoms with E-state index in [4.69, 9.17) is 4.74 Å². The number of aromatic nitrogens is 3. The van der Waals surface area contributed by atoms with Crippen LogP contribution in [0, 0.1) is 6.92 Å². The van der Waals surface area contributed by atoms with E-state index in [1.807, 2.05) is 25.1 Å². The molecule has 116 valence electrons. The van der Waals surface area contributed by atoms with Crippen molar-refractivity contribution in [2.75, 3.05) is 25.1 Å². The number of nitrogens with one attached hydrogen (secondary N) is 1. The van der Waals surface area contributed by atoms with Gasteiger partial charge < -0.3 is 15.2 Å². The summed E-state index contributed by atoms with van der Waals surface area (Å²) in [6, 6.07) is 5.67. The second-order valence-electron chi connectivity index (χ2n) is 5.65. The summed E-state index contributed by atoms with van der Waals surface area (Å²) in [5.74, 6) is 1.35. The van der Waals surface area contributed by atoms with E-state index in [1.165, 1.54) is 0 Å². The Morgan fingerprint density at radius 1 is 1.32 bits per heavy atom. The van der Waals surface area contributed by atoms with Gasteiger partial charge in [-0.3, -0.25) is 4.98 Å². The summed E-state index contributed by atoms with van der Waals surface area (Å²) >= 11 is 0. The Morgan fingerprint density at radius 3 is 2.86 bits per heavy atom. The molecule has 2 aromatic rings. The lowest BCUT2D eigenvalue weighted by Gasteiger charge is -2.32. The summed E-state index contributed by atoms with van der Waals surface area (Å²) in [6.07, 6.45) is 4.74. The predicted octanol–water partition coefficient (Wildman–Crippen LogP) is 1.80. The fraction of sp³-hybridized carbons (Fsp3) is 0.438. The molecule has 22 heavy (non-hydrogen) atoms. The van der Waals surface area contributed by atoms with E-state index in [2.05, 4.69) is 20.3 Å². The van der Waals surface area contributed by atoms with Crippen molar-refractivity contribution in [1.82, 2.24) is 15.0 Å². The van der Waals surface area contributed by atoms with E-state index in [1.54, 1.807) is 12.4 Å². The van der Waals surface area contributed by atoms with Crippen LogP contribution in [0.25, 0.3) is 11.4 Å². The van der Waals surface area contributed by atoms with Crippen LogP contribution in [-0.4, -0.2) is 45.4 Å². The second kappa shape index (κ2) is 6.37. The van der Waals surface area contributed by atoms with Crippen LogP contribution < -0.4 is 5.32 Å².